The normalized spacial score (nSPS) is 10.8. The molecule has 0 aliphatic carbocycles. The molecular weight excluding hydrogens is 266 g/mol. The third-order valence-corrected chi connectivity index (χ3v) is 3.69. The van der Waals surface area contributed by atoms with E-state index in [2.05, 4.69) is 96.9 Å². The summed E-state index contributed by atoms with van der Waals surface area (Å²) in [6.45, 7) is 0. The van der Waals surface area contributed by atoms with Crippen molar-refractivity contribution in [3.8, 4) is 0 Å². The topological polar surface area (TPSA) is 3.24 Å². The minimum absolute atomic E-state index is 1.18. The van der Waals surface area contributed by atoms with E-state index in [-0.39, 0.29) is 0 Å². The summed E-state index contributed by atoms with van der Waals surface area (Å²) >= 11 is 0. The van der Waals surface area contributed by atoms with Crippen LogP contribution >= 0.6 is 0 Å². The van der Waals surface area contributed by atoms with E-state index in [1.807, 2.05) is 12.1 Å². The molecule has 1 heteroatoms. The molecule has 22 heavy (non-hydrogen) atoms. The Labute approximate surface area is 132 Å². The van der Waals surface area contributed by atoms with Crippen LogP contribution in [0.1, 0.15) is 11.1 Å². The van der Waals surface area contributed by atoms with Gasteiger partial charge >= 0.3 is 0 Å². The molecule has 0 aromatic heterocycles. The van der Waals surface area contributed by atoms with Crippen molar-refractivity contribution in [3.63, 3.8) is 0 Å². The predicted molar refractivity (Wildman–Crippen MR) is 96.3 cm³/mol. The lowest BCUT2D eigenvalue weighted by atomic mass is 10.1. The molecule has 0 atom stereocenters. The van der Waals surface area contributed by atoms with Gasteiger partial charge in [-0.3, -0.25) is 0 Å². The number of rotatable bonds is 4. The lowest BCUT2D eigenvalue weighted by molar-refractivity contribution is 1.21. The maximum atomic E-state index is 2.19. The maximum absolute atomic E-state index is 2.19. The molecule has 0 radical (unpaired) electrons. The first-order valence-corrected chi connectivity index (χ1v) is 7.45. The standard InChI is InChI=1S/C21H19N/c1-22(20-10-6-3-7-11-20)21-16-14-19(15-17-21)13-12-18-8-4-2-5-9-18/h2-17H,1H3/b13-12+. The van der Waals surface area contributed by atoms with E-state index in [0.717, 1.165) is 0 Å². The Morgan fingerprint density at radius 1 is 0.545 bits per heavy atom. The third-order valence-electron chi connectivity index (χ3n) is 3.69. The van der Waals surface area contributed by atoms with Crippen molar-refractivity contribution in [2.24, 2.45) is 0 Å². The molecule has 0 bridgehead atoms. The molecule has 0 aliphatic heterocycles. The summed E-state index contributed by atoms with van der Waals surface area (Å²) in [5.41, 5.74) is 4.79. The van der Waals surface area contributed by atoms with Gasteiger partial charge in [-0.25, -0.2) is 0 Å². The molecular formula is C21H19N. The highest BCUT2D eigenvalue weighted by atomic mass is 15.1. The van der Waals surface area contributed by atoms with E-state index in [9.17, 15) is 0 Å². The number of para-hydroxylation sites is 1. The zero-order valence-electron chi connectivity index (χ0n) is 12.7. The van der Waals surface area contributed by atoms with Crippen molar-refractivity contribution in [2.75, 3.05) is 11.9 Å². The van der Waals surface area contributed by atoms with Crippen LogP contribution in [0.3, 0.4) is 0 Å². The van der Waals surface area contributed by atoms with Crippen LogP contribution in [0, 0.1) is 0 Å². The van der Waals surface area contributed by atoms with Gasteiger partial charge in [0.1, 0.15) is 0 Å². The van der Waals surface area contributed by atoms with E-state index >= 15 is 0 Å². The lowest BCUT2D eigenvalue weighted by Crippen LogP contribution is -2.08. The Morgan fingerprint density at radius 2 is 1.00 bits per heavy atom. The molecule has 3 aromatic rings. The van der Waals surface area contributed by atoms with Crippen LogP contribution in [0.25, 0.3) is 12.2 Å². The largest absolute Gasteiger partial charge is 0.345 e. The van der Waals surface area contributed by atoms with Gasteiger partial charge in [0.2, 0.25) is 0 Å². The molecule has 0 N–H and O–H groups in total. The minimum Gasteiger partial charge on any atom is -0.345 e. The van der Waals surface area contributed by atoms with E-state index < -0.39 is 0 Å². The van der Waals surface area contributed by atoms with E-state index in [1.54, 1.807) is 0 Å². The van der Waals surface area contributed by atoms with Crippen LogP contribution in [0.5, 0.6) is 0 Å². The minimum atomic E-state index is 1.18. The molecule has 108 valence electrons. The smallest absolute Gasteiger partial charge is 0.0408 e. The number of nitrogens with zero attached hydrogens (tertiary/aromatic N) is 1. The Morgan fingerprint density at radius 3 is 1.59 bits per heavy atom. The second kappa shape index (κ2) is 6.77. The third kappa shape index (κ3) is 3.44. The van der Waals surface area contributed by atoms with Crippen LogP contribution < -0.4 is 4.90 Å². The summed E-state index contributed by atoms with van der Waals surface area (Å²) in [4.78, 5) is 2.19. The van der Waals surface area contributed by atoms with Crippen LogP contribution in [0.15, 0.2) is 84.9 Å². The quantitative estimate of drug-likeness (QED) is 0.562. The van der Waals surface area contributed by atoms with Gasteiger partial charge < -0.3 is 4.90 Å². The van der Waals surface area contributed by atoms with Gasteiger partial charge in [-0.15, -0.1) is 0 Å². The molecule has 0 saturated heterocycles. The van der Waals surface area contributed by atoms with Crippen LogP contribution in [0.4, 0.5) is 11.4 Å². The van der Waals surface area contributed by atoms with Gasteiger partial charge in [0.05, 0.1) is 0 Å². The van der Waals surface area contributed by atoms with Gasteiger partial charge in [-0.1, -0.05) is 72.8 Å². The number of anilines is 2. The highest BCUT2D eigenvalue weighted by molar-refractivity contribution is 5.71. The second-order valence-corrected chi connectivity index (χ2v) is 5.23. The summed E-state index contributed by atoms with van der Waals surface area (Å²) in [5, 5.41) is 0. The molecule has 0 saturated carbocycles. The first kappa shape index (κ1) is 14.2. The summed E-state index contributed by atoms with van der Waals surface area (Å²) in [6, 6.07) is 29.3. The Bertz CT molecular complexity index is 728. The fraction of sp³-hybridized carbons (Fsp3) is 0.0476. The SMILES string of the molecule is CN(c1ccccc1)c1ccc(/C=C/c2ccccc2)cc1. The van der Waals surface area contributed by atoms with Crippen LogP contribution in [0.2, 0.25) is 0 Å². The van der Waals surface area contributed by atoms with Crippen molar-refractivity contribution in [1.82, 2.24) is 0 Å². The first-order valence-electron chi connectivity index (χ1n) is 7.45. The van der Waals surface area contributed by atoms with Gasteiger partial charge in [-0.2, -0.15) is 0 Å². The van der Waals surface area contributed by atoms with Crippen molar-refractivity contribution in [2.45, 2.75) is 0 Å². The van der Waals surface area contributed by atoms with Crippen molar-refractivity contribution < 1.29 is 0 Å². The molecule has 0 spiro atoms. The van der Waals surface area contributed by atoms with Crippen molar-refractivity contribution in [1.29, 1.82) is 0 Å². The average Bonchev–Trinajstić information content (AvgIpc) is 2.61. The van der Waals surface area contributed by atoms with Crippen molar-refractivity contribution >= 4 is 23.5 Å². The highest BCUT2D eigenvalue weighted by Crippen LogP contribution is 2.23. The number of benzene rings is 3. The lowest BCUT2D eigenvalue weighted by Gasteiger charge is -2.19. The molecule has 0 heterocycles. The molecule has 0 fully saturated rings. The second-order valence-electron chi connectivity index (χ2n) is 5.23. The maximum Gasteiger partial charge on any atom is 0.0408 e. The summed E-state index contributed by atoms with van der Waals surface area (Å²) in [6.07, 6.45) is 4.28. The van der Waals surface area contributed by atoms with Gasteiger partial charge in [0.25, 0.3) is 0 Å². The van der Waals surface area contributed by atoms with Crippen LogP contribution in [-0.4, -0.2) is 7.05 Å². The molecule has 3 aromatic carbocycles. The van der Waals surface area contributed by atoms with E-state index in [4.69, 9.17) is 0 Å². The van der Waals surface area contributed by atoms with E-state index in [0.29, 0.717) is 0 Å². The molecule has 1 nitrogen and oxygen atoms in total. The summed E-state index contributed by atoms with van der Waals surface area (Å²) in [7, 11) is 2.09. The fourth-order valence-corrected chi connectivity index (χ4v) is 2.37. The zero-order chi connectivity index (χ0) is 15.2. The van der Waals surface area contributed by atoms with Crippen molar-refractivity contribution in [3.05, 3.63) is 96.1 Å². The molecule has 0 aliphatic rings. The zero-order valence-corrected chi connectivity index (χ0v) is 12.7. The average molecular weight is 285 g/mol. The van der Waals surface area contributed by atoms with Gasteiger partial charge in [0, 0.05) is 18.4 Å². The Balaban J connectivity index is 1.74. The monoisotopic (exact) mass is 285 g/mol. The van der Waals surface area contributed by atoms with Crippen LogP contribution in [-0.2, 0) is 0 Å². The summed E-state index contributed by atoms with van der Waals surface area (Å²) in [5.74, 6) is 0. The number of hydrogen-bond acceptors (Lipinski definition) is 1. The fourth-order valence-electron chi connectivity index (χ4n) is 2.37. The van der Waals surface area contributed by atoms with E-state index in [1.165, 1.54) is 22.5 Å². The highest BCUT2D eigenvalue weighted by Gasteiger charge is 2.02. The van der Waals surface area contributed by atoms with Gasteiger partial charge in [-0.05, 0) is 35.4 Å². The summed E-state index contributed by atoms with van der Waals surface area (Å²) < 4.78 is 0. The first-order chi connectivity index (χ1) is 10.8. The molecule has 0 amide bonds. The molecule has 0 unspecified atom stereocenters. The Kier molecular flexibility index (Phi) is 4.35. The molecule has 3 rings (SSSR count). The number of hydrogen-bond donors (Lipinski definition) is 0. The predicted octanol–water partition coefficient (Wildman–Crippen LogP) is 5.62. The Hall–Kier alpha value is -2.80. The van der Waals surface area contributed by atoms with Gasteiger partial charge in [0.15, 0.2) is 0 Å².